The normalized spacial score (nSPS) is 17.5. The Morgan fingerprint density at radius 2 is 2.04 bits per heavy atom. The van der Waals surface area contributed by atoms with Gasteiger partial charge >= 0.3 is 0 Å². The molecule has 1 aliphatic carbocycles. The molecular formula is C20H18BrN3. The largest absolute Gasteiger partial charge is 0.361 e. The average molecular weight is 380 g/mol. The molecule has 2 aromatic heterocycles. The second kappa shape index (κ2) is 5.23. The van der Waals surface area contributed by atoms with Crippen LogP contribution < -0.4 is 5.73 Å². The van der Waals surface area contributed by atoms with Crippen LogP contribution >= 0.6 is 15.9 Å². The summed E-state index contributed by atoms with van der Waals surface area (Å²) in [4.78, 5) is 3.27. The highest BCUT2D eigenvalue weighted by atomic mass is 79.9. The molecule has 1 aliphatic rings. The van der Waals surface area contributed by atoms with Gasteiger partial charge in [0.15, 0.2) is 0 Å². The van der Waals surface area contributed by atoms with Crippen LogP contribution in [0.3, 0.4) is 0 Å². The maximum atomic E-state index is 6.54. The first-order chi connectivity index (χ1) is 11.7. The Kier molecular flexibility index (Phi) is 3.12. The van der Waals surface area contributed by atoms with Crippen LogP contribution in [0.4, 0.5) is 0 Å². The van der Waals surface area contributed by atoms with Crippen LogP contribution in [-0.2, 0) is 6.42 Å². The molecule has 2 heterocycles. The highest BCUT2D eigenvalue weighted by molar-refractivity contribution is 9.10. The fourth-order valence-electron chi connectivity index (χ4n) is 4.09. The van der Waals surface area contributed by atoms with E-state index in [0.29, 0.717) is 0 Å². The van der Waals surface area contributed by atoms with Gasteiger partial charge in [0.05, 0.1) is 5.52 Å². The summed E-state index contributed by atoms with van der Waals surface area (Å²) in [5.74, 6) is 0. The predicted molar refractivity (Wildman–Crippen MR) is 103 cm³/mol. The summed E-state index contributed by atoms with van der Waals surface area (Å²) in [6, 6.07) is 15.3. The summed E-state index contributed by atoms with van der Waals surface area (Å²) in [5.41, 5.74) is 12.8. The number of benzene rings is 2. The van der Waals surface area contributed by atoms with E-state index in [9.17, 15) is 0 Å². The first-order valence-corrected chi connectivity index (χ1v) is 9.17. The maximum absolute atomic E-state index is 6.54. The van der Waals surface area contributed by atoms with Crippen LogP contribution in [0.25, 0.3) is 27.5 Å². The lowest BCUT2D eigenvalue weighted by molar-refractivity contribution is 0.552. The van der Waals surface area contributed by atoms with E-state index in [1.807, 2.05) is 6.20 Å². The molecule has 0 spiro atoms. The number of fused-ring (bicyclic) bond motifs is 4. The molecule has 120 valence electrons. The number of aryl methyl sites for hydroxylation is 1. The van der Waals surface area contributed by atoms with E-state index in [0.717, 1.165) is 29.3 Å². The molecule has 0 bridgehead atoms. The molecule has 5 rings (SSSR count). The summed E-state index contributed by atoms with van der Waals surface area (Å²) in [6.45, 7) is 0. The number of hydrogen-bond acceptors (Lipinski definition) is 1. The maximum Gasteiger partial charge on any atom is 0.0535 e. The van der Waals surface area contributed by atoms with Crippen molar-refractivity contribution in [2.45, 2.75) is 25.3 Å². The number of aromatic amines is 1. The molecule has 0 saturated carbocycles. The fraction of sp³-hybridized carbons (Fsp3) is 0.200. The summed E-state index contributed by atoms with van der Waals surface area (Å²) in [5, 5.41) is 2.55. The van der Waals surface area contributed by atoms with Gasteiger partial charge in [0, 0.05) is 44.4 Å². The lowest BCUT2D eigenvalue weighted by Gasteiger charge is -2.22. The molecule has 0 amide bonds. The lowest BCUT2D eigenvalue weighted by Crippen LogP contribution is -2.20. The molecular weight excluding hydrogens is 362 g/mol. The molecule has 1 unspecified atom stereocenters. The van der Waals surface area contributed by atoms with Gasteiger partial charge in [0.1, 0.15) is 0 Å². The fourth-order valence-corrected chi connectivity index (χ4v) is 4.45. The SMILES string of the molecule is NC1CCCc2c1n(-c1ccc3[nH]ccc3c1)c1ccc(Br)cc21. The van der Waals surface area contributed by atoms with Gasteiger partial charge in [-0.3, -0.25) is 0 Å². The quantitative estimate of drug-likeness (QED) is 0.468. The first kappa shape index (κ1) is 14.3. The van der Waals surface area contributed by atoms with Crippen molar-refractivity contribution in [2.24, 2.45) is 5.73 Å². The van der Waals surface area contributed by atoms with Gasteiger partial charge in [-0.05, 0) is 67.3 Å². The standard InChI is InChI=1S/C20H18BrN3/c21-13-4-7-19-16(11-13)15-2-1-3-17(22)20(15)24(19)14-5-6-18-12(10-14)8-9-23-18/h4-11,17,23H,1-3,22H2. The van der Waals surface area contributed by atoms with E-state index in [4.69, 9.17) is 5.73 Å². The van der Waals surface area contributed by atoms with E-state index < -0.39 is 0 Å². The summed E-state index contributed by atoms with van der Waals surface area (Å²) in [7, 11) is 0. The number of aromatic nitrogens is 2. The predicted octanol–water partition coefficient (Wildman–Crippen LogP) is 5.21. The van der Waals surface area contributed by atoms with Crippen molar-refractivity contribution < 1.29 is 0 Å². The van der Waals surface area contributed by atoms with Gasteiger partial charge in [0.2, 0.25) is 0 Å². The van der Waals surface area contributed by atoms with Crippen molar-refractivity contribution >= 4 is 37.7 Å². The Labute approximate surface area is 148 Å². The van der Waals surface area contributed by atoms with Gasteiger partial charge in [-0.25, -0.2) is 0 Å². The molecule has 24 heavy (non-hydrogen) atoms. The number of nitrogens with one attached hydrogen (secondary N) is 1. The number of hydrogen-bond donors (Lipinski definition) is 2. The molecule has 3 N–H and O–H groups in total. The first-order valence-electron chi connectivity index (χ1n) is 8.38. The second-order valence-electron chi connectivity index (χ2n) is 6.61. The van der Waals surface area contributed by atoms with Crippen LogP contribution in [0, 0.1) is 0 Å². The van der Waals surface area contributed by atoms with E-state index in [-0.39, 0.29) is 6.04 Å². The number of H-pyrrole nitrogens is 1. The van der Waals surface area contributed by atoms with Crippen molar-refractivity contribution in [3.8, 4) is 5.69 Å². The molecule has 2 aromatic carbocycles. The Morgan fingerprint density at radius 3 is 2.96 bits per heavy atom. The molecule has 0 fully saturated rings. The summed E-state index contributed by atoms with van der Waals surface area (Å²) < 4.78 is 3.49. The Hall–Kier alpha value is -2.04. The van der Waals surface area contributed by atoms with E-state index in [2.05, 4.69) is 67.9 Å². The van der Waals surface area contributed by atoms with Crippen LogP contribution in [0.5, 0.6) is 0 Å². The third-order valence-corrected chi connectivity index (χ3v) is 5.66. The average Bonchev–Trinajstić information content (AvgIpc) is 3.17. The lowest BCUT2D eigenvalue weighted by atomic mass is 9.92. The van der Waals surface area contributed by atoms with Gasteiger partial charge < -0.3 is 15.3 Å². The van der Waals surface area contributed by atoms with Crippen molar-refractivity contribution in [3.63, 3.8) is 0 Å². The molecule has 4 heteroatoms. The van der Waals surface area contributed by atoms with E-state index in [1.165, 1.54) is 33.2 Å². The van der Waals surface area contributed by atoms with Gasteiger partial charge in [0.25, 0.3) is 0 Å². The Morgan fingerprint density at radius 1 is 1.12 bits per heavy atom. The zero-order valence-electron chi connectivity index (χ0n) is 13.2. The van der Waals surface area contributed by atoms with Crippen molar-refractivity contribution in [2.75, 3.05) is 0 Å². The third kappa shape index (κ3) is 2.00. The van der Waals surface area contributed by atoms with Gasteiger partial charge in [-0.1, -0.05) is 15.9 Å². The van der Waals surface area contributed by atoms with Crippen molar-refractivity contribution in [1.82, 2.24) is 9.55 Å². The van der Waals surface area contributed by atoms with Crippen molar-refractivity contribution in [3.05, 3.63) is 64.4 Å². The molecule has 4 aromatic rings. The molecule has 0 radical (unpaired) electrons. The zero-order chi connectivity index (χ0) is 16.3. The van der Waals surface area contributed by atoms with E-state index >= 15 is 0 Å². The second-order valence-corrected chi connectivity index (χ2v) is 7.52. The van der Waals surface area contributed by atoms with Crippen LogP contribution in [-0.4, -0.2) is 9.55 Å². The van der Waals surface area contributed by atoms with Crippen LogP contribution in [0.2, 0.25) is 0 Å². The monoisotopic (exact) mass is 379 g/mol. The van der Waals surface area contributed by atoms with Crippen molar-refractivity contribution in [1.29, 1.82) is 0 Å². The Balaban J connectivity index is 1.88. The van der Waals surface area contributed by atoms with Gasteiger partial charge in [-0.2, -0.15) is 0 Å². The number of nitrogens with two attached hydrogens (primary N) is 1. The summed E-state index contributed by atoms with van der Waals surface area (Å²) in [6.07, 6.45) is 5.31. The highest BCUT2D eigenvalue weighted by Crippen LogP contribution is 2.39. The summed E-state index contributed by atoms with van der Waals surface area (Å²) >= 11 is 3.62. The minimum atomic E-state index is 0.0989. The molecule has 0 aliphatic heterocycles. The minimum Gasteiger partial charge on any atom is -0.361 e. The van der Waals surface area contributed by atoms with Gasteiger partial charge in [-0.15, -0.1) is 0 Å². The molecule has 1 atom stereocenters. The smallest absolute Gasteiger partial charge is 0.0535 e. The van der Waals surface area contributed by atoms with Crippen LogP contribution in [0.1, 0.15) is 30.1 Å². The third-order valence-electron chi connectivity index (χ3n) is 5.16. The highest BCUT2D eigenvalue weighted by Gasteiger charge is 2.26. The van der Waals surface area contributed by atoms with Crippen LogP contribution in [0.15, 0.2) is 53.1 Å². The topological polar surface area (TPSA) is 46.7 Å². The molecule has 3 nitrogen and oxygen atoms in total. The zero-order valence-corrected chi connectivity index (χ0v) is 14.8. The Bertz CT molecular complexity index is 1070. The molecule has 0 saturated heterocycles. The van der Waals surface area contributed by atoms with E-state index in [1.54, 1.807) is 0 Å². The number of nitrogens with zero attached hydrogens (tertiary/aromatic N) is 1. The minimum absolute atomic E-state index is 0.0989. The number of halogens is 1. The number of rotatable bonds is 1.